The lowest BCUT2D eigenvalue weighted by Crippen LogP contribution is -2.11. The van der Waals surface area contributed by atoms with Crippen LogP contribution in [0.15, 0.2) is 0 Å². The Morgan fingerprint density at radius 1 is 1.71 bits per heavy atom. The molecule has 0 saturated heterocycles. The maximum atomic E-state index is 9.39. The van der Waals surface area contributed by atoms with Gasteiger partial charge in [0.25, 0.3) is 0 Å². The number of hydrogen-bond donors (Lipinski definition) is 0. The van der Waals surface area contributed by atoms with Crippen LogP contribution >= 0.6 is 0 Å². The van der Waals surface area contributed by atoms with Crippen LogP contribution in [0.1, 0.15) is 0 Å². The molecule has 7 heavy (non-hydrogen) atoms. The fourth-order valence-electron chi connectivity index (χ4n) is 0.0373. The Balaban J connectivity index is 3.81. The van der Waals surface area contributed by atoms with Crippen LogP contribution in [0.25, 0.3) is 0 Å². The fraction of sp³-hybridized carbons (Fsp3) is 0. The number of hydrogen-bond acceptors (Lipinski definition) is 4. The number of rotatable bonds is 1. The van der Waals surface area contributed by atoms with Crippen molar-refractivity contribution in [2.75, 3.05) is 0 Å². The Bertz CT molecular complexity index is 117. The van der Waals surface area contributed by atoms with Gasteiger partial charge in [0.15, 0.2) is 0 Å². The molecule has 37 valence electrons. The van der Waals surface area contributed by atoms with Crippen LogP contribution in [-0.4, -0.2) is 17.1 Å². The van der Waals surface area contributed by atoms with Crippen LogP contribution in [0.4, 0.5) is 0 Å². The van der Waals surface area contributed by atoms with Gasteiger partial charge in [0, 0.05) is 0 Å². The number of amides is 1. The minimum absolute atomic E-state index is 0.576. The summed E-state index contributed by atoms with van der Waals surface area (Å²) in [7, 11) is 0. The third kappa shape index (κ3) is 1.58. The van der Waals surface area contributed by atoms with E-state index in [1.807, 2.05) is 0 Å². The molecule has 0 aliphatic carbocycles. The van der Waals surface area contributed by atoms with Gasteiger partial charge >= 0.3 is 12.2 Å². The Morgan fingerprint density at radius 2 is 2.14 bits per heavy atom. The quantitative estimate of drug-likeness (QED) is 0.239. The first-order valence-corrected chi connectivity index (χ1v) is 1.25. The van der Waals surface area contributed by atoms with E-state index in [0.717, 1.165) is 0 Å². The molecule has 0 aliphatic heterocycles. The summed E-state index contributed by atoms with van der Waals surface area (Å²) in [5.41, 5.74) is 0. The predicted octanol–water partition coefficient (Wildman–Crippen LogP) is -1.10. The van der Waals surface area contributed by atoms with Crippen LogP contribution in [0.2, 0.25) is 0 Å². The number of nitro groups is 1. The fourth-order valence-corrected chi connectivity index (χ4v) is 0.0373. The number of carbonyl (C=O) groups excluding carboxylic acids is 2. The summed E-state index contributed by atoms with van der Waals surface area (Å²) in [5, 5.41) is 9.12. The smallest absolute Gasteiger partial charge is 0.273 e. The van der Waals surface area contributed by atoms with Gasteiger partial charge in [-0.05, 0) is 0 Å². The SMILES string of the molecule is O=[C]C(=O)[N+](=O)[O-]. The van der Waals surface area contributed by atoms with Crippen molar-refractivity contribution in [1.29, 1.82) is 0 Å². The van der Waals surface area contributed by atoms with Crippen molar-refractivity contribution in [2.45, 2.75) is 0 Å². The Kier molecular flexibility index (Phi) is 1.65. The van der Waals surface area contributed by atoms with E-state index < -0.39 is 10.8 Å². The van der Waals surface area contributed by atoms with E-state index in [4.69, 9.17) is 14.9 Å². The second kappa shape index (κ2) is 2.01. The molecule has 0 atom stereocenters. The molecular weight excluding hydrogens is 102 g/mol. The summed E-state index contributed by atoms with van der Waals surface area (Å²) in [6.45, 7) is 0. The Hall–Kier alpha value is -1.26. The van der Waals surface area contributed by atoms with E-state index in [2.05, 4.69) is 0 Å². The van der Waals surface area contributed by atoms with Crippen molar-refractivity contribution < 1.29 is 14.5 Å². The number of carbonyl (C=O) groups is 1. The minimum atomic E-state index is -1.74. The molecule has 0 saturated carbocycles. The van der Waals surface area contributed by atoms with Crippen LogP contribution in [0, 0.1) is 10.1 Å². The lowest BCUT2D eigenvalue weighted by atomic mass is 10.7. The third-order valence-corrected chi connectivity index (χ3v) is 0.253. The summed E-state index contributed by atoms with van der Waals surface area (Å²) in [6, 6.07) is 0. The molecule has 0 aromatic carbocycles. The standard InChI is InChI=1S/C2NO4/c4-1-2(5)3(6)7. The van der Waals surface area contributed by atoms with Crippen LogP contribution in [0.5, 0.6) is 0 Å². The van der Waals surface area contributed by atoms with Gasteiger partial charge in [-0.2, -0.15) is 0 Å². The average Bonchev–Trinajstić information content (AvgIpc) is 1.65. The summed E-state index contributed by atoms with van der Waals surface area (Å²) in [6.07, 6.45) is 0.576. The maximum absolute atomic E-state index is 9.39. The molecule has 0 aromatic heterocycles. The first kappa shape index (κ1) is 5.74. The van der Waals surface area contributed by atoms with Crippen molar-refractivity contribution in [3.8, 4) is 0 Å². The summed E-state index contributed by atoms with van der Waals surface area (Å²) < 4.78 is 0. The molecule has 5 nitrogen and oxygen atoms in total. The molecule has 0 heterocycles. The van der Waals surface area contributed by atoms with Gasteiger partial charge in [-0.15, -0.1) is 0 Å². The Labute approximate surface area is 38.1 Å². The summed E-state index contributed by atoms with van der Waals surface area (Å²) >= 11 is 0. The van der Waals surface area contributed by atoms with Gasteiger partial charge in [-0.3, -0.25) is 14.9 Å². The van der Waals surface area contributed by atoms with Gasteiger partial charge in [-0.1, -0.05) is 0 Å². The first-order chi connectivity index (χ1) is 3.18. The highest BCUT2D eigenvalue weighted by Gasteiger charge is 2.12. The highest BCUT2D eigenvalue weighted by Crippen LogP contribution is 1.62. The van der Waals surface area contributed by atoms with Crippen molar-refractivity contribution in [3.63, 3.8) is 0 Å². The van der Waals surface area contributed by atoms with E-state index in [9.17, 15) is 4.79 Å². The number of nitrogens with zero attached hydrogens (tertiary/aromatic N) is 1. The van der Waals surface area contributed by atoms with E-state index in [-0.39, 0.29) is 0 Å². The molecule has 0 fully saturated rings. The lowest BCUT2D eigenvalue weighted by Gasteiger charge is -1.70. The topological polar surface area (TPSA) is 77.3 Å². The molecule has 0 bridgehead atoms. The molecule has 0 N–H and O–H groups in total. The zero-order valence-corrected chi connectivity index (χ0v) is 3.08. The van der Waals surface area contributed by atoms with Gasteiger partial charge in [0.1, 0.15) is 4.92 Å². The molecule has 5 heteroatoms. The van der Waals surface area contributed by atoms with E-state index in [1.54, 1.807) is 0 Å². The van der Waals surface area contributed by atoms with Gasteiger partial charge < -0.3 is 0 Å². The largest absolute Gasteiger partial charge is 0.520 e. The summed E-state index contributed by atoms with van der Waals surface area (Å²) in [5.74, 6) is -1.74. The van der Waals surface area contributed by atoms with E-state index in [1.165, 1.54) is 0 Å². The normalized spacial score (nSPS) is 7.43. The van der Waals surface area contributed by atoms with Crippen LogP contribution in [-0.2, 0) is 9.59 Å². The predicted molar refractivity (Wildman–Crippen MR) is 17.7 cm³/mol. The second-order valence-electron chi connectivity index (χ2n) is 0.664. The average molecular weight is 102 g/mol. The van der Waals surface area contributed by atoms with Gasteiger partial charge in [-0.25, -0.2) is 4.79 Å². The zero-order valence-electron chi connectivity index (χ0n) is 3.08. The van der Waals surface area contributed by atoms with Crippen molar-refractivity contribution in [3.05, 3.63) is 10.1 Å². The highest BCUT2D eigenvalue weighted by molar-refractivity contribution is 6.19. The molecule has 0 aliphatic rings. The minimum Gasteiger partial charge on any atom is -0.273 e. The molecular formula is C2NO4. The van der Waals surface area contributed by atoms with Crippen LogP contribution < -0.4 is 0 Å². The monoisotopic (exact) mass is 102 g/mol. The van der Waals surface area contributed by atoms with E-state index >= 15 is 0 Å². The van der Waals surface area contributed by atoms with Gasteiger partial charge in [0.2, 0.25) is 0 Å². The zero-order chi connectivity index (χ0) is 5.86. The molecule has 0 unspecified atom stereocenters. The van der Waals surface area contributed by atoms with Crippen LogP contribution in [0.3, 0.4) is 0 Å². The summed E-state index contributed by atoms with van der Waals surface area (Å²) in [4.78, 5) is 26.2. The van der Waals surface area contributed by atoms with Crippen molar-refractivity contribution >= 4 is 12.2 Å². The lowest BCUT2D eigenvalue weighted by molar-refractivity contribution is -0.393. The van der Waals surface area contributed by atoms with Crippen molar-refractivity contribution in [2.24, 2.45) is 0 Å². The Morgan fingerprint density at radius 3 is 2.14 bits per heavy atom. The molecule has 0 spiro atoms. The molecule has 1 amide bonds. The first-order valence-electron chi connectivity index (χ1n) is 1.25. The third-order valence-electron chi connectivity index (χ3n) is 0.253. The maximum Gasteiger partial charge on any atom is 0.520 e. The van der Waals surface area contributed by atoms with Gasteiger partial charge in [0.05, 0.1) is 0 Å². The highest BCUT2D eigenvalue weighted by atomic mass is 16.6. The molecule has 1 radical (unpaired) electrons. The second-order valence-corrected chi connectivity index (χ2v) is 0.664. The molecule has 0 rings (SSSR count). The van der Waals surface area contributed by atoms with E-state index in [0.29, 0.717) is 6.29 Å². The molecule has 0 aromatic rings. The van der Waals surface area contributed by atoms with Crippen molar-refractivity contribution in [1.82, 2.24) is 0 Å².